The van der Waals surface area contributed by atoms with Gasteiger partial charge >= 0.3 is 5.97 Å². The number of methoxy groups -OCH3 is 1. The van der Waals surface area contributed by atoms with Gasteiger partial charge in [0.05, 0.1) is 12.8 Å². The van der Waals surface area contributed by atoms with Crippen molar-refractivity contribution in [3.05, 3.63) is 21.1 Å². The molecule has 3 N–H and O–H groups in total. The number of halogens is 2. The van der Waals surface area contributed by atoms with E-state index in [1.54, 1.807) is 6.07 Å². The summed E-state index contributed by atoms with van der Waals surface area (Å²) < 4.78 is 31.3. The van der Waals surface area contributed by atoms with E-state index in [-0.39, 0.29) is 10.6 Å². The molecule has 0 aromatic heterocycles. The van der Waals surface area contributed by atoms with E-state index >= 15 is 0 Å². The summed E-state index contributed by atoms with van der Waals surface area (Å²) in [6.07, 6.45) is 0. The minimum Gasteiger partial charge on any atom is -0.468 e. The monoisotopic (exact) mass is 400 g/mol. The summed E-state index contributed by atoms with van der Waals surface area (Å²) in [7, 11) is -2.72. The largest absolute Gasteiger partial charge is 0.468 e. The molecule has 6 nitrogen and oxygen atoms in total. The SMILES string of the molecule is COC(=O)CNS(=O)(=O)c1c(N)cc(Br)cc1Br. The molecular formula is C9H10Br2N2O4S. The van der Waals surface area contributed by atoms with Crippen LogP contribution in [0, 0.1) is 0 Å². The summed E-state index contributed by atoms with van der Waals surface area (Å²) in [5, 5.41) is 0. The van der Waals surface area contributed by atoms with Crippen LogP contribution in [0.25, 0.3) is 0 Å². The van der Waals surface area contributed by atoms with Gasteiger partial charge in [-0.25, -0.2) is 8.42 Å². The van der Waals surface area contributed by atoms with Gasteiger partial charge < -0.3 is 10.5 Å². The third kappa shape index (κ3) is 3.67. The van der Waals surface area contributed by atoms with Crippen LogP contribution in [0.1, 0.15) is 0 Å². The first-order chi connectivity index (χ1) is 8.27. The van der Waals surface area contributed by atoms with Crippen molar-refractivity contribution in [1.29, 1.82) is 0 Å². The maximum Gasteiger partial charge on any atom is 0.320 e. The van der Waals surface area contributed by atoms with Crippen molar-refractivity contribution < 1.29 is 17.9 Å². The molecule has 1 aromatic rings. The highest BCUT2D eigenvalue weighted by Crippen LogP contribution is 2.31. The number of hydrogen-bond donors (Lipinski definition) is 2. The van der Waals surface area contributed by atoms with Crippen molar-refractivity contribution in [2.24, 2.45) is 0 Å². The molecule has 0 bridgehead atoms. The number of carbonyl (C=O) groups excluding carboxylic acids is 1. The average Bonchev–Trinajstić information content (AvgIpc) is 2.24. The van der Waals surface area contributed by atoms with Crippen LogP contribution >= 0.6 is 31.9 Å². The highest BCUT2D eigenvalue weighted by molar-refractivity contribution is 9.11. The molecule has 0 saturated carbocycles. The fourth-order valence-electron chi connectivity index (χ4n) is 1.16. The van der Waals surface area contributed by atoms with E-state index in [9.17, 15) is 13.2 Å². The van der Waals surface area contributed by atoms with Gasteiger partial charge in [0.25, 0.3) is 0 Å². The number of benzene rings is 1. The third-order valence-electron chi connectivity index (χ3n) is 1.94. The number of nitrogens with two attached hydrogens (primary N) is 1. The molecule has 18 heavy (non-hydrogen) atoms. The van der Waals surface area contributed by atoms with Gasteiger partial charge in [0.15, 0.2) is 0 Å². The van der Waals surface area contributed by atoms with Gasteiger partial charge in [-0.3, -0.25) is 4.79 Å². The molecule has 0 heterocycles. The summed E-state index contributed by atoms with van der Waals surface area (Å²) in [5.41, 5.74) is 5.72. The third-order valence-corrected chi connectivity index (χ3v) is 4.80. The van der Waals surface area contributed by atoms with Gasteiger partial charge in [-0.15, -0.1) is 0 Å². The molecule has 0 fully saturated rings. The molecule has 0 aliphatic carbocycles. The highest BCUT2D eigenvalue weighted by atomic mass is 79.9. The first-order valence-electron chi connectivity index (χ1n) is 4.59. The number of rotatable bonds is 4. The molecule has 1 aromatic carbocycles. The predicted molar refractivity (Wildman–Crippen MR) is 73.5 cm³/mol. The summed E-state index contributed by atoms with van der Waals surface area (Å²) in [5.74, 6) is -0.689. The van der Waals surface area contributed by atoms with Gasteiger partial charge in [0.2, 0.25) is 10.0 Å². The molecule has 100 valence electrons. The summed E-state index contributed by atoms with van der Waals surface area (Å²) in [4.78, 5) is 10.8. The molecule has 0 aliphatic heterocycles. The number of anilines is 1. The number of hydrogen-bond acceptors (Lipinski definition) is 5. The standard InChI is InChI=1S/C9H10Br2N2O4S/c1-17-8(14)4-13-18(15,16)9-6(11)2-5(10)3-7(9)12/h2-3,13H,4,12H2,1H3. The van der Waals surface area contributed by atoms with E-state index < -0.39 is 22.5 Å². The molecule has 0 atom stereocenters. The van der Waals surface area contributed by atoms with Crippen molar-refractivity contribution in [1.82, 2.24) is 4.72 Å². The van der Waals surface area contributed by atoms with E-state index in [1.165, 1.54) is 13.2 Å². The topological polar surface area (TPSA) is 98.5 Å². The van der Waals surface area contributed by atoms with Crippen LogP contribution in [0.4, 0.5) is 5.69 Å². The zero-order valence-electron chi connectivity index (χ0n) is 9.24. The lowest BCUT2D eigenvalue weighted by atomic mass is 10.3. The summed E-state index contributed by atoms with van der Waals surface area (Å²) in [6.45, 7) is -0.458. The van der Waals surface area contributed by atoms with Crippen LogP contribution in [0.5, 0.6) is 0 Å². The second kappa shape index (κ2) is 6.00. The zero-order valence-corrected chi connectivity index (χ0v) is 13.2. The first kappa shape index (κ1) is 15.4. The zero-order chi connectivity index (χ0) is 13.9. The van der Waals surface area contributed by atoms with Crippen molar-refractivity contribution >= 4 is 53.5 Å². The number of sulfonamides is 1. The van der Waals surface area contributed by atoms with Gasteiger partial charge in [0, 0.05) is 8.95 Å². The molecule has 0 spiro atoms. The molecule has 1 rings (SSSR count). The molecular weight excluding hydrogens is 392 g/mol. The Labute approximate surface area is 121 Å². The van der Waals surface area contributed by atoms with Gasteiger partial charge in [0.1, 0.15) is 11.4 Å². The van der Waals surface area contributed by atoms with Crippen LogP contribution in [0.3, 0.4) is 0 Å². The highest BCUT2D eigenvalue weighted by Gasteiger charge is 2.22. The van der Waals surface area contributed by atoms with Crippen LogP contribution in [0.15, 0.2) is 26.0 Å². The number of esters is 1. The molecule has 0 unspecified atom stereocenters. The van der Waals surface area contributed by atoms with Gasteiger partial charge in [-0.2, -0.15) is 4.72 Å². The Morgan fingerprint density at radius 1 is 1.44 bits per heavy atom. The Balaban J connectivity index is 3.10. The Kier molecular flexibility index (Phi) is 5.14. The van der Waals surface area contributed by atoms with Crippen molar-refractivity contribution in [3.8, 4) is 0 Å². The number of ether oxygens (including phenoxy) is 1. The Bertz CT molecular complexity index is 551. The average molecular weight is 402 g/mol. The minimum atomic E-state index is -3.89. The van der Waals surface area contributed by atoms with Crippen LogP contribution in [-0.4, -0.2) is 28.0 Å². The van der Waals surface area contributed by atoms with E-state index in [1.807, 2.05) is 0 Å². The summed E-state index contributed by atoms with van der Waals surface area (Å²) >= 11 is 6.30. The quantitative estimate of drug-likeness (QED) is 0.584. The molecule has 0 saturated heterocycles. The molecule has 9 heteroatoms. The number of nitrogens with one attached hydrogen (secondary N) is 1. The lowest BCUT2D eigenvalue weighted by molar-refractivity contribution is -0.139. The van der Waals surface area contributed by atoms with Gasteiger partial charge in [-0.1, -0.05) is 15.9 Å². The predicted octanol–water partition coefficient (Wildman–Crippen LogP) is 1.25. The van der Waals surface area contributed by atoms with Gasteiger partial charge in [-0.05, 0) is 28.1 Å². The molecule has 0 radical (unpaired) electrons. The first-order valence-corrected chi connectivity index (χ1v) is 7.66. The van der Waals surface area contributed by atoms with Crippen LogP contribution in [0.2, 0.25) is 0 Å². The summed E-state index contributed by atoms with van der Waals surface area (Å²) in [6, 6.07) is 3.00. The normalized spacial score (nSPS) is 11.3. The second-order valence-corrected chi connectivity index (χ2v) is 6.68. The van der Waals surface area contributed by atoms with E-state index in [2.05, 4.69) is 41.3 Å². The Morgan fingerprint density at radius 3 is 2.56 bits per heavy atom. The van der Waals surface area contributed by atoms with E-state index in [0.717, 1.165) is 0 Å². The lowest BCUT2D eigenvalue weighted by Gasteiger charge is -2.10. The minimum absolute atomic E-state index is 0.0635. The number of carbonyl (C=O) groups is 1. The Hall–Kier alpha value is -0.640. The van der Waals surface area contributed by atoms with E-state index in [4.69, 9.17) is 5.73 Å². The maximum absolute atomic E-state index is 12.0. The van der Waals surface area contributed by atoms with Crippen molar-refractivity contribution in [3.63, 3.8) is 0 Å². The Morgan fingerprint density at radius 2 is 2.06 bits per heavy atom. The van der Waals surface area contributed by atoms with Crippen LogP contribution < -0.4 is 10.5 Å². The van der Waals surface area contributed by atoms with Crippen molar-refractivity contribution in [2.75, 3.05) is 19.4 Å². The van der Waals surface area contributed by atoms with Crippen molar-refractivity contribution in [2.45, 2.75) is 4.90 Å². The molecule has 0 amide bonds. The smallest absolute Gasteiger partial charge is 0.320 e. The lowest BCUT2D eigenvalue weighted by Crippen LogP contribution is -2.31. The number of nitrogen functional groups attached to an aromatic ring is 1. The molecule has 0 aliphatic rings. The van der Waals surface area contributed by atoms with Crippen LogP contribution in [-0.2, 0) is 19.6 Å². The maximum atomic E-state index is 12.0. The van der Waals surface area contributed by atoms with E-state index in [0.29, 0.717) is 8.95 Å². The second-order valence-electron chi connectivity index (χ2n) is 3.21. The fraction of sp³-hybridized carbons (Fsp3) is 0.222. The fourth-order valence-corrected chi connectivity index (χ4v) is 4.20.